The number of rotatable bonds is 13. The second-order valence-electron chi connectivity index (χ2n) is 9.08. The summed E-state index contributed by atoms with van der Waals surface area (Å²) >= 11 is 17.5. The van der Waals surface area contributed by atoms with Crippen molar-refractivity contribution in [2.75, 3.05) is 48.8 Å². The van der Waals surface area contributed by atoms with Gasteiger partial charge in [-0.15, -0.1) is 34.8 Å². The number of non-ortho nitro benzene ring substituents is 1. The van der Waals surface area contributed by atoms with Crippen molar-refractivity contribution in [3.8, 4) is 0 Å². The van der Waals surface area contributed by atoms with Crippen LogP contribution in [0.3, 0.4) is 0 Å². The summed E-state index contributed by atoms with van der Waals surface area (Å²) in [6.07, 6.45) is -3.81. The number of alkyl halides is 3. The molecule has 0 bridgehead atoms. The third-order valence-corrected chi connectivity index (χ3v) is 6.98. The number of amides is 2. The molecular weight excluding hydrogens is 603 g/mol. The zero-order chi connectivity index (χ0) is 29.4. The highest BCUT2D eigenvalue weighted by Gasteiger charge is 2.54. The molecule has 2 aliphatic rings. The molecule has 222 valence electrons. The molecule has 0 radical (unpaired) electrons. The Morgan fingerprint density at radius 1 is 0.927 bits per heavy atom. The third kappa shape index (κ3) is 7.91. The summed E-state index contributed by atoms with van der Waals surface area (Å²) in [6.45, 7) is 1.33. The number of nitro benzene ring substituents is 1. The normalized spacial score (nSPS) is 23.0. The van der Waals surface area contributed by atoms with Crippen molar-refractivity contribution in [2.45, 2.75) is 30.8 Å². The van der Waals surface area contributed by atoms with Crippen molar-refractivity contribution in [1.82, 2.24) is 10.6 Å². The summed E-state index contributed by atoms with van der Waals surface area (Å²) in [5.74, 6) is 0.456. The summed E-state index contributed by atoms with van der Waals surface area (Å²) in [5.41, 5.74) is 1.68. The van der Waals surface area contributed by atoms with Gasteiger partial charge in [0.05, 0.1) is 10.5 Å². The van der Waals surface area contributed by atoms with Crippen LogP contribution in [0.15, 0.2) is 48.5 Å². The number of ether oxygens (including phenoxy) is 4. The first-order chi connectivity index (χ1) is 19.8. The minimum Gasteiger partial charge on any atom is -0.459 e. The molecule has 2 N–H and O–H groups in total. The maximum Gasteiger partial charge on any atom is 0.338 e. The van der Waals surface area contributed by atoms with Gasteiger partial charge in [0.2, 0.25) is 0 Å². The van der Waals surface area contributed by atoms with E-state index in [1.54, 1.807) is 0 Å². The first-order valence-corrected chi connectivity index (χ1v) is 14.4. The lowest BCUT2D eigenvalue weighted by molar-refractivity contribution is -0.384. The van der Waals surface area contributed by atoms with E-state index in [2.05, 4.69) is 15.5 Å². The number of hydrogen-bond acceptors (Lipinski definition) is 9. The number of nitro groups is 1. The van der Waals surface area contributed by atoms with E-state index in [1.165, 1.54) is 24.3 Å². The van der Waals surface area contributed by atoms with Crippen molar-refractivity contribution in [3.05, 3.63) is 69.8 Å². The topological polar surface area (TPSA) is 142 Å². The Balaban J connectivity index is 1.44. The molecular formula is C26H29Cl3N4O8. The number of nitrogens with zero attached hydrogens (tertiary/aromatic N) is 2. The average Bonchev–Trinajstić information content (AvgIpc) is 3.55. The SMILES string of the molecule is O=C(NCCCl)NC1O[C@H](COC(=O)c2ccc([N+](=O)[O-])cc2)C2OC(c3ccc(N(CCCl)CCCl)cc3)OC12. The zero-order valence-corrected chi connectivity index (χ0v) is 24.0. The molecule has 2 aromatic rings. The second kappa shape index (κ2) is 14.9. The Morgan fingerprint density at radius 3 is 2.20 bits per heavy atom. The number of anilines is 1. The van der Waals surface area contributed by atoms with Gasteiger partial charge in [-0.05, 0) is 24.3 Å². The number of benzene rings is 2. The van der Waals surface area contributed by atoms with Crippen molar-refractivity contribution >= 4 is 58.2 Å². The molecule has 0 saturated carbocycles. The number of halogens is 3. The van der Waals surface area contributed by atoms with E-state index in [4.69, 9.17) is 53.8 Å². The van der Waals surface area contributed by atoms with Gasteiger partial charge in [-0.1, -0.05) is 12.1 Å². The zero-order valence-electron chi connectivity index (χ0n) is 21.7. The number of nitrogens with one attached hydrogen (secondary N) is 2. The standard InChI is InChI=1S/C26H29Cl3N4O8/c27-9-12-30-26(35)31-23-22-21(20(39-23)15-38-24(34)16-1-7-19(8-2-16)33(36)37)40-25(41-22)17-3-5-18(6-4-17)32(13-10-28)14-11-29/h1-8,20-23,25H,9-15H2,(H2,30,31,35)/t20-,21?,22?,23?,25?/m1/s1. The monoisotopic (exact) mass is 630 g/mol. The maximum absolute atomic E-state index is 12.6. The predicted molar refractivity (Wildman–Crippen MR) is 152 cm³/mol. The van der Waals surface area contributed by atoms with Crippen LogP contribution in [0.4, 0.5) is 16.2 Å². The Kier molecular flexibility index (Phi) is 11.3. The first-order valence-electron chi connectivity index (χ1n) is 12.8. The lowest BCUT2D eigenvalue weighted by Crippen LogP contribution is -2.47. The fourth-order valence-corrected chi connectivity index (χ4v) is 4.99. The average molecular weight is 632 g/mol. The minimum atomic E-state index is -0.898. The smallest absolute Gasteiger partial charge is 0.338 e. The van der Waals surface area contributed by atoms with Crippen LogP contribution in [0, 0.1) is 10.1 Å². The molecule has 5 atom stereocenters. The molecule has 0 aromatic heterocycles. The molecule has 2 heterocycles. The Labute approximate surface area is 251 Å². The van der Waals surface area contributed by atoms with Gasteiger partial charge in [0, 0.05) is 60.7 Å². The molecule has 2 aromatic carbocycles. The molecule has 12 nitrogen and oxygen atoms in total. The van der Waals surface area contributed by atoms with Crippen molar-refractivity contribution in [1.29, 1.82) is 0 Å². The molecule has 41 heavy (non-hydrogen) atoms. The first kappa shape index (κ1) is 31.1. The van der Waals surface area contributed by atoms with Gasteiger partial charge in [0.15, 0.2) is 12.5 Å². The summed E-state index contributed by atoms with van der Waals surface area (Å²) in [7, 11) is 0. The highest BCUT2D eigenvalue weighted by atomic mass is 35.5. The van der Waals surface area contributed by atoms with E-state index in [-0.39, 0.29) is 30.3 Å². The summed E-state index contributed by atoms with van der Waals surface area (Å²) in [6, 6.07) is 12.1. The summed E-state index contributed by atoms with van der Waals surface area (Å²) < 4.78 is 23.7. The molecule has 2 aliphatic heterocycles. The van der Waals surface area contributed by atoms with Gasteiger partial charge in [-0.3, -0.25) is 10.1 Å². The largest absolute Gasteiger partial charge is 0.459 e. The highest BCUT2D eigenvalue weighted by Crippen LogP contribution is 2.40. The van der Waals surface area contributed by atoms with Crippen LogP contribution in [-0.4, -0.2) is 85.3 Å². The van der Waals surface area contributed by atoms with E-state index < -0.39 is 47.8 Å². The fourth-order valence-electron chi connectivity index (χ4n) is 4.48. The van der Waals surface area contributed by atoms with E-state index in [0.29, 0.717) is 24.8 Å². The van der Waals surface area contributed by atoms with Crippen LogP contribution in [0.1, 0.15) is 22.2 Å². The summed E-state index contributed by atoms with van der Waals surface area (Å²) in [4.78, 5) is 37.3. The molecule has 15 heteroatoms. The number of urea groups is 1. The molecule has 2 fully saturated rings. The third-order valence-electron chi connectivity index (χ3n) is 6.46. The molecule has 0 aliphatic carbocycles. The van der Waals surface area contributed by atoms with E-state index >= 15 is 0 Å². The molecule has 2 amide bonds. The number of fused-ring (bicyclic) bond motifs is 1. The van der Waals surface area contributed by atoms with E-state index in [9.17, 15) is 19.7 Å². The van der Waals surface area contributed by atoms with Crippen molar-refractivity contribution < 1.29 is 33.5 Å². The number of carbonyl (C=O) groups is 2. The highest BCUT2D eigenvalue weighted by molar-refractivity contribution is 6.18. The Morgan fingerprint density at radius 2 is 1.59 bits per heavy atom. The van der Waals surface area contributed by atoms with E-state index in [0.717, 1.165) is 11.3 Å². The van der Waals surface area contributed by atoms with Crippen molar-refractivity contribution in [3.63, 3.8) is 0 Å². The van der Waals surface area contributed by atoms with Gasteiger partial charge in [-0.2, -0.15) is 0 Å². The minimum absolute atomic E-state index is 0.138. The van der Waals surface area contributed by atoms with Crippen LogP contribution < -0.4 is 15.5 Å². The second-order valence-corrected chi connectivity index (χ2v) is 10.2. The van der Waals surface area contributed by atoms with Crippen molar-refractivity contribution in [2.24, 2.45) is 0 Å². The van der Waals surface area contributed by atoms with E-state index in [1.807, 2.05) is 24.3 Å². The maximum atomic E-state index is 12.6. The van der Waals surface area contributed by atoms with Crippen LogP contribution in [0.5, 0.6) is 0 Å². The van der Waals surface area contributed by atoms with Crippen LogP contribution in [0.25, 0.3) is 0 Å². The molecule has 4 rings (SSSR count). The van der Waals surface area contributed by atoms with Gasteiger partial charge >= 0.3 is 12.0 Å². The van der Waals surface area contributed by atoms with Gasteiger partial charge in [0.25, 0.3) is 5.69 Å². The quantitative estimate of drug-likeness (QED) is 0.146. The molecule has 0 spiro atoms. The number of esters is 1. The van der Waals surface area contributed by atoms with Gasteiger partial charge in [-0.25, -0.2) is 9.59 Å². The molecule has 2 saturated heterocycles. The van der Waals surface area contributed by atoms with Crippen LogP contribution >= 0.6 is 34.8 Å². The Hall–Kier alpha value is -2.87. The lowest BCUT2D eigenvalue weighted by Gasteiger charge is -2.24. The summed E-state index contributed by atoms with van der Waals surface area (Å²) in [5, 5.41) is 16.2. The van der Waals surface area contributed by atoms with Gasteiger partial charge < -0.3 is 34.5 Å². The lowest BCUT2D eigenvalue weighted by atomic mass is 10.1. The predicted octanol–water partition coefficient (Wildman–Crippen LogP) is 3.78. The Bertz CT molecular complexity index is 1180. The van der Waals surface area contributed by atoms with Crippen LogP contribution in [0.2, 0.25) is 0 Å². The molecule has 4 unspecified atom stereocenters. The van der Waals surface area contributed by atoms with Gasteiger partial charge in [0.1, 0.15) is 24.9 Å². The van der Waals surface area contributed by atoms with Crippen LogP contribution in [-0.2, 0) is 18.9 Å². The number of carbonyl (C=O) groups excluding carboxylic acids is 2. The fraction of sp³-hybridized carbons (Fsp3) is 0.462. The number of hydrogen-bond donors (Lipinski definition) is 2.